The Kier molecular flexibility index (Phi) is 4.52. The summed E-state index contributed by atoms with van der Waals surface area (Å²) < 4.78 is 5.27. The zero-order valence-corrected chi connectivity index (χ0v) is 13.6. The average molecular weight is 330 g/mol. The van der Waals surface area contributed by atoms with E-state index in [2.05, 4.69) is 25.4 Å². The summed E-state index contributed by atoms with van der Waals surface area (Å²) in [4.78, 5) is 12.9. The van der Waals surface area contributed by atoms with Crippen molar-refractivity contribution in [3.05, 3.63) is 52.8 Å². The van der Waals surface area contributed by atoms with Crippen molar-refractivity contribution >= 4 is 17.4 Å². The molecule has 0 saturated carbocycles. The molecule has 0 atom stereocenters. The Balaban J connectivity index is 1.60. The van der Waals surface area contributed by atoms with E-state index in [-0.39, 0.29) is 0 Å². The highest BCUT2D eigenvalue weighted by Gasteiger charge is 2.08. The number of nitrogens with zero attached hydrogens (tertiary/aromatic N) is 4. The summed E-state index contributed by atoms with van der Waals surface area (Å²) in [5.41, 5.74) is 1.81. The lowest BCUT2D eigenvalue weighted by atomic mass is 10.2. The Labute approximate surface area is 138 Å². The normalized spacial score (nSPS) is 10.7. The summed E-state index contributed by atoms with van der Waals surface area (Å²) in [6.07, 6.45) is 0.614. The topological polar surface area (TPSA) is 76.7 Å². The van der Waals surface area contributed by atoms with Crippen LogP contribution in [-0.2, 0) is 6.42 Å². The minimum Gasteiger partial charge on any atom is -0.369 e. The lowest BCUT2D eigenvalue weighted by Gasteiger charge is -2.05. The van der Waals surface area contributed by atoms with E-state index in [9.17, 15) is 0 Å². The predicted molar refractivity (Wildman–Crippen MR) is 88.4 cm³/mol. The zero-order valence-electron chi connectivity index (χ0n) is 12.9. The third-order valence-electron chi connectivity index (χ3n) is 3.18. The summed E-state index contributed by atoms with van der Waals surface area (Å²) in [5, 5.41) is 7.90. The molecule has 0 amide bonds. The standard InChI is InChI=1S/C16H16ClN5O/c1-10-9-14(20-11(2)19-10)18-8-7-15-21-16(22-23-15)12-3-5-13(17)6-4-12/h3-6,9H,7-8H2,1-2H3,(H,18,19,20). The smallest absolute Gasteiger partial charge is 0.228 e. The maximum absolute atomic E-state index is 5.87. The Morgan fingerprint density at radius 2 is 1.87 bits per heavy atom. The lowest BCUT2D eigenvalue weighted by Crippen LogP contribution is -2.08. The van der Waals surface area contributed by atoms with Gasteiger partial charge in [0.25, 0.3) is 0 Å². The maximum Gasteiger partial charge on any atom is 0.228 e. The molecule has 0 aliphatic carbocycles. The number of hydrogen-bond acceptors (Lipinski definition) is 6. The first-order valence-electron chi connectivity index (χ1n) is 7.25. The van der Waals surface area contributed by atoms with E-state index in [1.54, 1.807) is 12.1 Å². The van der Waals surface area contributed by atoms with Crippen LogP contribution in [0.25, 0.3) is 11.4 Å². The van der Waals surface area contributed by atoms with Gasteiger partial charge in [0.1, 0.15) is 11.6 Å². The molecule has 23 heavy (non-hydrogen) atoms. The van der Waals surface area contributed by atoms with E-state index < -0.39 is 0 Å². The predicted octanol–water partition coefficient (Wildman–Crippen LogP) is 3.45. The number of aromatic nitrogens is 4. The number of hydrogen-bond donors (Lipinski definition) is 1. The molecule has 0 fully saturated rings. The van der Waals surface area contributed by atoms with Crippen molar-refractivity contribution in [2.24, 2.45) is 0 Å². The third kappa shape index (κ3) is 4.04. The first kappa shape index (κ1) is 15.4. The van der Waals surface area contributed by atoms with Gasteiger partial charge in [-0.2, -0.15) is 4.98 Å². The number of aryl methyl sites for hydroxylation is 2. The average Bonchev–Trinajstić information content (AvgIpc) is 2.96. The quantitative estimate of drug-likeness (QED) is 0.772. The van der Waals surface area contributed by atoms with Gasteiger partial charge < -0.3 is 9.84 Å². The van der Waals surface area contributed by atoms with Crippen LogP contribution in [0.4, 0.5) is 5.82 Å². The molecule has 0 bridgehead atoms. The summed E-state index contributed by atoms with van der Waals surface area (Å²) in [5.74, 6) is 2.68. The van der Waals surface area contributed by atoms with Crippen molar-refractivity contribution in [3.8, 4) is 11.4 Å². The second-order valence-corrected chi connectivity index (χ2v) is 5.57. The lowest BCUT2D eigenvalue weighted by molar-refractivity contribution is 0.381. The van der Waals surface area contributed by atoms with Crippen LogP contribution in [0.2, 0.25) is 5.02 Å². The fourth-order valence-electron chi connectivity index (χ4n) is 2.18. The van der Waals surface area contributed by atoms with E-state index in [0.29, 0.717) is 29.7 Å². The maximum atomic E-state index is 5.87. The molecule has 6 nitrogen and oxygen atoms in total. The molecule has 0 aliphatic heterocycles. The number of halogens is 1. The van der Waals surface area contributed by atoms with Crippen molar-refractivity contribution in [3.63, 3.8) is 0 Å². The van der Waals surface area contributed by atoms with E-state index in [1.165, 1.54) is 0 Å². The molecular weight excluding hydrogens is 314 g/mol. The van der Waals surface area contributed by atoms with Gasteiger partial charge in [-0.05, 0) is 38.1 Å². The molecule has 0 spiro atoms. The Morgan fingerprint density at radius 1 is 1.09 bits per heavy atom. The van der Waals surface area contributed by atoms with Crippen molar-refractivity contribution in [1.29, 1.82) is 0 Å². The van der Waals surface area contributed by atoms with Crippen LogP contribution in [0, 0.1) is 13.8 Å². The molecule has 2 aromatic heterocycles. The first-order valence-corrected chi connectivity index (χ1v) is 7.62. The molecule has 1 aromatic carbocycles. The Morgan fingerprint density at radius 3 is 2.61 bits per heavy atom. The Bertz CT molecular complexity index is 780. The summed E-state index contributed by atoms with van der Waals surface area (Å²) in [6.45, 7) is 4.46. The molecule has 1 N–H and O–H groups in total. The van der Waals surface area contributed by atoms with Crippen LogP contribution in [0.5, 0.6) is 0 Å². The molecule has 7 heteroatoms. The van der Waals surface area contributed by atoms with Gasteiger partial charge >= 0.3 is 0 Å². The van der Waals surface area contributed by atoms with E-state index in [0.717, 1.165) is 22.9 Å². The minimum atomic E-state index is 0.561. The van der Waals surface area contributed by atoms with Crippen LogP contribution in [0.1, 0.15) is 17.4 Å². The van der Waals surface area contributed by atoms with Crippen molar-refractivity contribution in [2.75, 3.05) is 11.9 Å². The van der Waals surface area contributed by atoms with Crippen LogP contribution < -0.4 is 5.32 Å². The van der Waals surface area contributed by atoms with Crippen molar-refractivity contribution in [2.45, 2.75) is 20.3 Å². The number of rotatable bonds is 5. The fraction of sp³-hybridized carbons (Fsp3) is 0.250. The van der Waals surface area contributed by atoms with Gasteiger partial charge in [0.05, 0.1) is 0 Å². The van der Waals surface area contributed by atoms with E-state index >= 15 is 0 Å². The van der Waals surface area contributed by atoms with Gasteiger partial charge in [0.2, 0.25) is 11.7 Å². The van der Waals surface area contributed by atoms with Gasteiger partial charge in [-0.3, -0.25) is 0 Å². The van der Waals surface area contributed by atoms with E-state index in [4.69, 9.17) is 16.1 Å². The van der Waals surface area contributed by atoms with Gasteiger partial charge in [0, 0.05) is 35.3 Å². The monoisotopic (exact) mass is 329 g/mol. The number of anilines is 1. The van der Waals surface area contributed by atoms with Gasteiger partial charge in [-0.1, -0.05) is 16.8 Å². The van der Waals surface area contributed by atoms with Crippen molar-refractivity contribution in [1.82, 2.24) is 20.1 Å². The highest BCUT2D eigenvalue weighted by Crippen LogP contribution is 2.18. The van der Waals surface area contributed by atoms with Crippen LogP contribution in [0.15, 0.2) is 34.9 Å². The fourth-order valence-corrected chi connectivity index (χ4v) is 2.30. The largest absolute Gasteiger partial charge is 0.369 e. The summed E-state index contributed by atoms with van der Waals surface area (Å²) in [6, 6.07) is 9.23. The molecular formula is C16H16ClN5O. The number of nitrogens with one attached hydrogen (secondary N) is 1. The number of benzene rings is 1. The highest BCUT2D eigenvalue weighted by atomic mass is 35.5. The van der Waals surface area contributed by atoms with Crippen molar-refractivity contribution < 1.29 is 4.52 Å². The van der Waals surface area contributed by atoms with Gasteiger partial charge in [0.15, 0.2) is 0 Å². The molecule has 0 radical (unpaired) electrons. The highest BCUT2D eigenvalue weighted by molar-refractivity contribution is 6.30. The molecule has 0 aliphatic rings. The molecule has 118 valence electrons. The first-order chi connectivity index (χ1) is 11.1. The van der Waals surface area contributed by atoms with Crippen LogP contribution >= 0.6 is 11.6 Å². The van der Waals surface area contributed by atoms with Gasteiger partial charge in [-0.15, -0.1) is 0 Å². The van der Waals surface area contributed by atoms with E-state index in [1.807, 2.05) is 32.0 Å². The molecule has 2 heterocycles. The molecule has 0 unspecified atom stereocenters. The zero-order chi connectivity index (χ0) is 16.2. The summed E-state index contributed by atoms with van der Waals surface area (Å²) >= 11 is 5.87. The summed E-state index contributed by atoms with van der Waals surface area (Å²) in [7, 11) is 0. The SMILES string of the molecule is Cc1cc(NCCc2nc(-c3ccc(Cl)cc3)no2)nc(C)n1. The third-order valence-corrected chi connectivity index (χ3v) is 3.43. The second kappa shape index (κ2) is 6.75. The van der Waals surface area contributed by atoms with Crippen LogP contribution in [0.3, 0.4) is 0 Å². The Hall–Kier alpha value is -2.47. The van der Waals surface area contributed by atoms with Gasteiger partial charge in [-0.25, -0.2) is 9.97 Å². The molecule has 0 saturated heterocycles. The molecule has 3 aromatic rings. The second-order valence-electron chi connectivity index (χ2n) is 5.14. The minimum absolute atomic E-state index is 0.561. The molecule has 3 rings (SSSR count). The van der Waals surface area contributed by atoms with Crippen LogP contribution in [-0.4, -0.2) is 26.7 Å².